The number of hydrogen-bond acceptors (Lipinski definition) is 4. The summed E-state index contributed by atoms with van der Waals surface area (Å²) in [6.07, 6.45) is 9.62. The van der Waals surface area contributed by atoms with Crippen LogP contribution in [0.25, 0.3) is 6.20 Å². The van der Waals surface area contributed by atoms with E-state index in [4.69, 9.17) is 16.0 Å². The molecule has 0 aliphatic carbocycles. The first-order chi connectivity index (χ1) is 13.5. The minimum Gasteiger partial charge on any atom is -0.455 e. The fraction of sp³-hybridized carbons (Fsp3) is 0.0500. The molecule has 0 unspecified atom stereocenters. The van der Waals surface area contributed by atoms with Gasteiger partial charge in [0.15, 0.2) is 6.20 Å². The average molecular weight is 395 g/mol. The minimum atomic E-state index is -0.284. The summed E-state index contributed by atoms with van der Waals surface area (Å²) in [6, 6.07) is 10.1. The van der Waals surface area contributed by atoms with Crippen LogP contribution in [-0.4, -0.2) is 17.5 Å². The summed E-state index contributed by atoms with van der Waals surface area (Å²) in [5.74, 6) is -0.280. The van der Waals surface area contributed by atoms with E-state index < -0.39 is 0 Å². The highest BCUT2D eigenvalue weighted by Gasteiger charge is 2.31. The summed E-state index contributed by atoms with van der Waals surface area (Å²) >= 11 is 5.90. The number of rotatable bonds is 3. The molecule has 138 valence electrons. The second-order valence-corrected chi connectivity index (χ2v) is 6.49. The van der Waals surface area contributed by atoms with Crippen molar-refractivity contribution >= 4 is 41.0 Å². The Kier molecular flexibility index (Phi) is 4.58. The van der Waals surface area contributed by atoms with Crippen LogP contribution in [0.2, 0.25) is 5.02 Å². The van der Waals surface area contributed by atoms with Crippen molar-refractivity contribution in [1.29, 1.82) is 0 Å². The first-order valence-corrected chi connectivity index (χ1v) is 8.78. The van der Waals surface area contributed by atoms with Crippen LogP contribution >= 0.6 is 11.6 Å². The molecule has 0 N–H and O–H groups in total. The lowest BCUT2D eigenvalue weighted by Crippen LogP contribution is -2.45. The average Bonchev–Trinajstić information content (AvgIpc) is 3.33. The maximum Gasteiger partial charge on any atom is 0.460 e. The molecule has 3 aromatic rings. The number of furan rings is 1. The van der Waals surface area contributed by atoms with Crippen LogP contribution in [0.15, 0.2) is 82.5 Å². The van der Waals surface area contributed by atoms with E-state index in [0.29, 0.717) is 22.0 Å². The number of hydrogen-bond donors (Lipinski definition) is 0. The standard InChI is InChI=1S/C20H15ClN4O3/c1-14-17(19(26)25(22-14)16-6-4-15(21)5-7-16)13-23-8-10-24(11-9-23)20(27)18-3-2-12-28-18/h2-13H,1H3/q+2. The third-order valence-corrected chi connectivity index (χ3v) is 4.43. The van der Waals surface area contributed by atoms with Gasteiger partial charge in [0, 0.05) is 5.02 Å². The monoisotopic (exact) mass is 394 g/mol. The molecule has 0 fully saturated rings. The van der Waals surface area contributed by atoms with Crippen molar-refractivity contribution in [2.24, 2.45) is 5.10 Å². The van der Waals surface area contributed by atoms with E-state index in [1.54, 1.807) is 78.9 Å². The van der Waals surface area contributed by atoms with Gasteiger partial charge in [-0.25, -0.2) is 4.79 Å². The summed E-state index contributed by atoms with van der Waals surface area (Å²) in [5.41, 5.74) is 1.68. The Hall–Kier alpha value is -3.58. The zero-order valence-corrected chi connectivity index (χ0v) is 15.6. The van der Waals surface area contributed by atoms with E-state index in [1.165, 1.54) is 15.8 Å². The van der Waals surface area contributed by atoms with Gasteiger partial charge in [0.2, 0.25) is 30.5 Å². The van der Waals surface area contributed by atoms with Crippen LogP contribution in [0.1, 0.15) is 17.5 Å². The van der Waals surface area contributed by atoms with Crippen molar-refractivity contribution in [2.75, 3.05) is 5.01 Å². The van der Waals surface area contributed by atoms with Crippen LogP contribution in [0.5, 0.6) is 0 Å². The normalized spacial score (nSPS) is 15.2. The number of carbonyl (C=O) groups excluding carboxylic acids is 2. The predicted octanol–water partition coefficient (Wildman–Crippen LogP) is 2.46. The highest BCUT2D eigenvalue weighted by atomic mass is 35.5. The molecule has 1 aliphatic heterocycles. The van der Waals surface area contributed by atoms with Gasteiger partial charge in [-0.3, -0.25) is 4.79 Å². The molecule has 1 aromatic carbocycles. The number of anilines is 1. The van der Waals surface area contributed by atoms with Crippen molar-refractivity contribution in [2.45, 2.75) is 6.92 Å². The van der Waals surface area contributed by atoms with Gasteiger partial charge in [-0.1, -0.05) is 11.6 Å². The molecule has 1 amide bonds. The Labute approximate surface area is 165 Å². The van der Waals surface area contributed by atoms with E-state index in [1.807, 2.05) is 0 Å². The largest absolute Gasteiger partial charge is 0.460 e. The zero-order chi connectivity index (χ0) is 19.7. The van der Waals surface area contributed by atoms with Gasteiger partial charge in [-0.2, -0.15) is 14.7 Å². The van der Waals surface area contributed by atoms with Gasteiger partial charge in [0.05, 0.1) is 17.7 Å². The molecular weight excluding hydrogens is 380 g/mol. The van der Waals surface area contributed by atoms with Gasteiger partial charge in [-0.15, -0.1) is 4.57 Å². The van der Waals surface area contributed by atoms with Gasteiger partial charge in [-0.05, 0) is 43.3 Å². The molecule has 0 saturated carbocycles. The van der Waals surface area contributed by atoms with Gasteiger partial charge in [0.1, 0.15) is 5.57 Å². The highest BCUT2D eigenvalue weighted by molar-refractivity contribution is 6.32. The quantitative estimate of drug-likeness (QED) is 0.506. The molecule has 0 bridgehead atoms. The molecule has 3 heterocycles. The summed E-state index contributed by atoms with van der Waals surface area (Å²) < 4.78 is 8.19. The third-order valence-electron chi connectivity index (χ3n) is 4.18. The van der Waals surface area contributed by atoms with E-state index >= 15 is 0 Å². The maximum absolute atomic E-state index is 12.8. The molecule has 4 rings (SSSR count). The summed E-state index contributed by atoms with van der Waals surface area (Å²) in [5, 5.41) is 6.25. The maximum atomic E-state index is 12.8. The lowest BCUT2D eigenvalue weighted by molar-refractivity contribution is -0.630. The van der Waals surface area contributed by atoms with E-state index in [0.717, 1.165) is 0 Å². The lowest BCUT2D eigenvalue weighted by atomic mass is 10.2. The molecule has 8 heteroatoms. The molecule has 2 aromatic heterocycles. The second kappa shape index (κ2) is 7.21. The smallest absolute Gasteiger partial charge is 0.455 e. The fourth-order valence-corrected chi connectivity index (χ4v) is 2.85. The highest BCUT2D eigenvalue weighted by Crippen LogP contribution is 2.24. The zero-order valence-electron chi connectivity index (χ0n) is 14.8. The van der Waals surface area contributed by atoms with Crippen LogP contribution in [-0.2, 0) is 4.79 Å². The van der Waals surface area contributed by atoms with Crippen molar-refractivity contribution in [3.05, 3.63) is 83.8 Å². The fourth-order valence-electron chi connectivity index (χ4n) is 2.72. The Morgan fingerprint density at radius 1 is 1.14 bits per heavy atom. The second-order valence-electron chi connectivity index (χ2n) is 6.05. The number of carbonyl (C=O) groups is 2. The van der Waals surface area contributed by atoms with Crippen LogP contribution in [0, 0.1) is 0 Å². The Morgan fingerprint density at radius 2 is 1.86 bits per heavy atom. The van der Waals surface area contributed by atoms with Crippen molar-refractivity contribution < 1.29 is 23.1 Å². The molecule has 0 spiro atoms. The van der Waals surface area contributed by atoms with Crippen LogP contribution in [0.4, 0.5) is 5.69 Å². The number of benzene rings is 1. The summed E-state index contributed by atoms with van der Waals surface area (Å²) in [6.45, 7) is 1.77. The van der Waals surface area contributed by atoms with Crippen molar-refractivity contribution in [3.8, 4) is 0 Å². The third kappa shape index (κ3) is 3.35. The van der Waals surface area contributed by atoms with Crippen molar-refractivity contribution in [1.82, 2.24) is 0 Å². The molecule has 28 heavy (non-hydrogen) atoms. The van der Waals surface area contributed by atoms with E-state index in [9.17, 15) is 9.59 Å². The summed E-state index contributed by atoms with van der Waals surface area (Å²) in [7, 11) is 0. The van der Waals surface area contributed by atoms with Gasteiger partial charge in [0.25, 0.3) is 5.91 Å². The minimum absolute atomic E-state index is 0.240. The number of halogens is 1. The predicted molar refractivity (Wildman–Crippen MR) is 102 cm³/mol. The summed E-state index contributed by atoms with van der Waals surface area (Å²) in [4.78, 5) is 25.0. The van der Waals surface area contributed by atoms with Gasteiger partial charge >= 0.3 is 5.91 Å². The number of hydrazone groups is 1. The molecular formula is C20H15ClN4O3+2. The van der Waals surface area contributed by atoms with Crippen LogP contribution in [0.3, 0.4) is 0 Å². The number of nitrogens with zero attached hydrogens (tertiary/aromatic N) is 4. The Morgan fingerprint density at radius 3 is 2.50 bits per heavy atom. The van der Waals surface area contributed by atoms with E-state index in [2.05, 4.69) is 5.10 Å². The Balaban J connectivity index is 1.57. The Bertz CT molecular complexity index is 1100. The number of aromatic nitrogens is 2. The SMILES string of the molecule is CC1=NN(c2ccc(Cl)cc2)C(=O)/C1=C\[n+]1cc[n+](C(=O)c2ccco2)cc1. The molecule has 0 radical (unpaired) electrons. The first-order valence-electron chi connectivity index (χ1n) is 8.40. The molecule has 1 aliphatic rings. The molecule has 0 saturated heterocycles. The van der Waals surface area contributed by atoms with Crippen LogP contribution < -0.4 is 14.1 Å². The molecule has 0 atom stereocenters. The van der Waals surface area contributed by atoms with Crippen molar-refractivity contribution in [3.63, 3.8) is 0 Å². The van der Waals surface area contributed by atoms with Gasteiger partial charge < -0.3 is 4.42 Å². The lowest BCUT2D eigenvalue weighted by Gasteiger charge is -2.10. The first kappa shape index (κ1) is 17.8. The number of amides is 1. The topological polar surface area (TPSA) is 70.6 Å². The molecule has 7 nitrogen and oxygen atoms in total. The van der Waals surface area contributed by atoms with E-state index in [-0.39, 0.29) is 17.6 Å².